The van der Waals surface area contributed by atoms with Crippen LogP contribution >= 0.6 is 11.8 Å². The van der Waals surface area contributed by atoms with Crippen molar-refractivity contribution in [1.29, 1.82) is 0 Å². The normalized spacial score (nSPS) is 38.8. The van der Waals surface area contributed by atoms with Gasteiger partial charge in [0.15, 0.2) is 6.61 Å². The van der Waals surface area contributed by atoms with Crippen LogP contribution in [-0.4, -0.2) is 58.6 Å². The predicted molar refractivity (Wildman–Crippen MR) is 134 cm³/mol. The zero-order valence-electron chi connectivity index (χ0n) is 20.7. The molecule has 4 rings (SSSR count). The van der Waals surface area contributed by atoms with Gasteiger partial charge in [0, 0.05) is 0 Å². The molecule has 7 nitrogen and oxygen atoms in total. The molecular weight excluding hydrogens is 452 g/mol. The van der Waals surface area contributed by atoms with Crippen LogP contribution in [0.5, 0.6) is 0 Å². The van der Waals surface area contributed by atoms with Gasteiger partial charge in [-0.05, 0) is 104 Å². The fraction of sp³-hybridized carbons (Fsp3) is 0.808. The molecule has 7 atom stereocenters. The number of aliphatic hydroxyl groups is 1. The zero-order valence-corrected chi connectivity index (χ0v) is 21.5. The molecule has 34 heavy (non-hydrogen) atoms. The van der Waals surface area contributed by atoms with E-state index in [9.17, 15) is 19.8 Å². The topological polar surface area (TPSA) is 108 Å². The van der Waals surface area contributed by atoms with Gasteiger partial charge >= 0.3 is 5.97 Å². The average Bonchev–Trinajstić information content (AvgIpc) is 3.11. The molecule has 0 heterocycles. The van der Waals surface area contributed by atoms with Crippen LogP contribution in [0.1, 0.15) is 71.6 Å². The minimum Gasteiger partial charge on any atom is -0.480 e. The third-order valence-corrected chi connectivity index (χ3v) is 10.2. The molecule has 0 radical (unpaired) electrons. The molecule has 3 saturated carbocycles. The monoisotopic (exact) mass is 492 g/mol. The lowest BCUT2D eigenvalue weighted by Crippen LogP contribution is -2.51. The molecule has 0 aromatic heterocycles. The first-order chi connectivity index (χ1) is 16.2. The van der Waals surface area contributed by atoms with E-state index in [-0.39, 0.29) is 23.5 Å². The van der Waals surface area contributed by atoms with Crippen LogP contribution in [0.15, 0.2) is 16.8 Å². The Balaban J connectivity index is 1.36. The van der Waals surface area contributed by atoms with Crippen LogP contribution in [0.4, 0.5) is 0 Å². The second-order valence-corrected chi connectivity index (χ2v) is 12.2. The highest BCUT2D eigenvalue weighted by Gasteiger charge is 2.58. The van der Waals surface area contributed by atoms with E-state index in [0.717, 1.165) is 44.2 Å². The fourth-order valence-electron chi connectivity index (χ4n) is 7.52. The second kappa shape index (κ2) is 10.2. The Morgan fingerprint density at radius 3 is 2.74 bits per heavy atom. The molecule has 0 unspecified atom stereocenters. The van der Waals surface area contributed by atoms with E-state index < -0.39 is 17.9 Å². The number of thioether (sulfide) groups is 1. The standard InChI is InChI=1S/C26H40N2O5S/c1-25-11-8-17(28-33-15-23(30)27-21(24(31)32)10-13-34-3)14-16(25)4-5-18-19-6-7-22(29)26(19,2)12-9-20(18)25/h14,18-22,29H,4-13,15H2,1-3H3,(H,27,30)(H,31,32)/t18-,19+,20+,21+,22-,25+,26+/m1/s1. The Bertz CT molecular complexity index is 860. The Morgan fingerprint density at radius 1 is 1.21 bits per heavy atom. The van der Waals surface area contributed by atoms with Gasteiger partial charge in [-0.15, -0.1) is 0 Å². The van der Waals surface area contributed by atoms with Crippen LogP contribution in [0.3, 0.4) is 0 Å². The maximum Gasteiger partial charge on any atom is 0.326 e. The number of carbonyl (C=O) groups excluding carboxylic acids is 1. The van der Waals surface area contributed by atoms with E-state index in [4.69, 9.17) is 4.84 Å². The molecule has 3 fully saturated rings. The van der Waals surface area contributed by atoms with Gasteiger partial charge in [-0.25, -0.2) is 4.79 Å². The number of aliphatic carboxylic acids is 1. The summed E-state index contributed by atoms with van der Waals surface area (Å²) in [5.41, 5.74) is 2.61. The van der Waals surface area contributed by atoms with Gasteiger partial charge in [-0.2, -0.15) is 11.8 Å². The summed E-state index contributed by atoms with van der Waals surface area (Å²) in [6, 6.07) is -0.901. The van der Waals surface area contributed by atoms with Crippen molar-refractivity contribution < 1.29 is 24.6 Å². The SMILES string of the molecule is CSCC[C@H](NC(=O)CON=C1C=C2CC[C@@H]3[C@@H]4CC[C@@H](O)[C@@]4(C)CC[C@@H]3[C@@]2(C)CC1)C(=O)O. The largest absolute Gasteiger partial charge is 0.480 e. The fourth-order valence-corrected chi connectivity index (χ4v) is 7.99. The molecule has 0 aromatic carbocycles. The van der Waals surface area contributed by atoms with E-state index in [0.29, 0.717) is 29.9 Å². The van der Waals surface area contributed by atoms with Gasteiger partial charge in [0.1, 0.15) is 6.04 Å². The number of oxime groups is 1. The molecule has 0 aliphatic heterocycles. The number of rotatable bonds is 8. The summed E-state index contributed by atoms with van der Waals surface area (Å²) in [6.45, 7) is 4.47. The quantitative estimate of drug-likeness (QED) is 0.442. The molecule has 8 heteroatoms. The smallest absolute Gasteiger partial charge is 0.326 e. The van der Waals surface area contributed by atoms with Crippen LogP contribution in [-0.2, 0) is 14.4 Å². The minimum atomic E-state index is -1.03. The number of allylic oxidation sites excluding steroid dienone is 2. The van der Waals surface area contributed by atoms with Crippen molar-refractivity contribution in [3.8, 4) is 0 Å². The van der Waals surface area contributed by atoms with Crippen molar-refractivity contribution in [1.82, 2.24) is 5.32 Å². The molecule has 0 saturated heterocycles. The predicted octanol–water partition coefficient (Wildman–Crippen LogP) is 4.01. The summed E-state index contributed by atoms with van der Waals surface area (Å²) < 4.78 is 0. The van der Waals surface area contributed by atoms with Crippen molar-refractivity contribution in [2.45, 2.75) is 83.8 Å². The Morgan fingerprint density at radius 2 is 2.00 bits per heavy atom. The van der Waals surface area contributed by atoms with Gasteiger partial charge in [0.05, 0.1) is 11.8 Å². The van der Waals surface area contributed by atoms with Crippen molar-refractivity contribution in [2.24, 2.45) is 33.7 Å². The van der Waals surface area contributed by atoms with Gasteiger partial charge < -0.3 is 20.4 Å². The maximum absolute atomic E-state index is 12.1. The lowest BCUT2D eigenvalue weighted by atomic mass is 9.47. The van der Waals surface area contributed by atoms with Crippen molar-refractivity contribution in [3.63, 3.8) is 0 Å². The molecule has 4 aliphatic carbocycles. The average molecular weight is 493 g/mol. The number of amides is 1. The Hall–Kier alpha value is -1.54. The summed E-state index contributed by atoms with van der Waals surface area (Å²) in [5, 5.41) is 26.6. The molecule has 0 spiro atoms. The van der Waals surface area contributed by atoms with E-state index in [1.165, 1.54) is 18.4 Å². The van der Waals surface area contributed by atoms with E-state index >= 15 is 0 Å². The molecular formula is C26H40N2O5S. The number of nitrogens with zero attached hydrogens (tertiary/aromatic N) is 1. The maximum atomic E-state index is 12.1. The van der Waals surface area contributed by atoms with Crippen LogP contribution in [0.2, 0.25) is 0 Å². The first kappa shape index (κ1) is 25.5. The number of aliphatic hydroxyl groups excluding tert-OH is 1. The van der Waals surface area contributed by atoms with E-state index in [2.05, 4.69) is 30.4 Å². The summed E-state index contributed by atoms with van der Waals surface area (Å²) in [4.78, 5) is 28.8. The van der Waals surface area contributed by atoms with Gasteiger partial charge in [-0.3, -0.25) is 4.79 Å². The number of carbonyl (C=O) groups is 2. The highest BCUT2D eigenvalue weighted by molar-refractivity contribution is 7.98. The molecule has 1 amide bonds. The third kappa shape index (κ3) is 4.77. The first-order valence-electron chi connectivity index (χ1n) is 12.8. The number of fused-ring (bicyclic) bond motifs is 5. The summed E-state index contributed by atoms with van der Waals surface area (Å²) in [6.07, 6.45) is 12.9. The number of hydrogen-bond acceptors (Lipinski definition) is 6. The van der Waals surface area contributed by atoms with Gasteiger partial charge in [-0.1, -0.05) is 24.6 Å². The summed E-state index contributed by atoms with van der Waals surface area (Å²) >= 11 is 1.55. The second-order valence-electron chi connectivity index (χ2n) is 11.2. The Labute approximate surface area is 207 Å². The summed E-state index contributed by atoms with van der Waals surface area (Å²) in [7, 11) is 0. The van der Waals surface area contributed by atoms with E-state index in [1.807, 2.05) is 6.26 Å². The first-order valence-corrected chi connectivity index (χ1v) is 14.2. The minimum absolute atomic E-state index is 0.101. The van der Waals surface area contributed by atoms with Crippen molar-refractivity contribution in [2.75, 3.05) is 18.6 Å². The van der Waals surface area contributed by atoms with E-state index in [1.54, 1.807) is 11.8 Å². The highest BCUT2D eigenvalue weighted by atomic mass is 32.2. The zero-order chi connectivity index (χ0) is 24.5. The number of nitrogens with one attached hydrogen (secondary N) is 1. The van der Waals surface area contributed by atoms with Crippen molar-refractivity contribution in [3.05, 3.63) is 11.6 Å². The Kier molecular flexibility index (Phi) is 7.67. The molecule has 0 bridgehead atoms. The van der Waals surface area contributed by atoms with Gasteiger partial charge in [0.2, 0.25) is 0 Å². The van der Waals surface area contributed by atoms with Gasteiger partial charge in [0.25, 0.3) is 5.91 Å². The molecule has 0 aromatic rings. The van der Waals surface area contributed by atoms with Crippen LogP contribution in [0, 0.1) is 28.6 Å². The van der Waals surface area contributed by atoms with Crippen LogP contribution in [0.25, 0.3) is 0 Å². The van der Waals surface area contributed by atoms with Crippen molar-refractivity contribution >= 4 is 29.4 Å². The highest BCUT2D eigenvalue weighted by Crippen LogP contribution is 2.65. The molecule has 4 aliphatic rings. The number of carboxylic acids is 1. The number of hydrogen-bond donors (Lipinski definition) is 3. The molecule has 190 valence electrons. The molecule has 3 N–H and O–H groups in total. The third-order valence-electron chi connectivity index (χ3n) is 9.55. The lowest BCUT2D eigenvalue weighted by molar-refractivity contribution is -0.142. The lowest BCUT2D eigenvalue weighted by Gasteiger charge is -2.57. The summed E-state index contributed by atoms with van der Waals surface area (Å²) in [5.74, 6) is 1.17. The van der Waals surface area contributed by atoms with Crippen LogP contribution < -0.4 is 5.32 Å². The number of carboxylic acid groups (broad SMARTS) is 1.